The third-order valence-electron chi connectivity index (χ3n) is 3.68. The molecule has 0 amide bonds. The fourth-order valence-electron chi connectivity index (χ4n) is 2.75. The molecule has 0 saturated heterocycles. The Morgan fingerprint density at radius 1 is 1.48 bits per heavy atom. The van der Waals surface area contributed by atoms with Gasteiger partial charge in [0.2, 0.25) is 0 Å². The fourth-order valence-corrected chi connectivity index (χ4v) is 3.89. The van der Waals surface area contributed by atoms with Gasteiger partial charge in [-0.2, -0.15) is 0 Å². The smallest absolute Gasteiger partial charge is 0.168 e. The molecule has 2 aliphatic rings. The van der Waals surface area contributed by atoms with Crippen LogP contribution in [0.3, 0.4) is 0 Å². The van der Waals surface area contributed by atoms with Crippen LogP contribution in [0.1, 0.15) is 12.5 Å². The predicted octanol–water partition coefficient (Wildman–Crippen LogP) is 3.04. The summed E-state index contributed by atoms with van der Waals surface area (Å²) < 4.78 is 19.5. The predicted molar refractivity (Wildman–Crippen MR) is 81.4 cm³/mol. The van der Waals surface area contributed by atoms with Gasteiger partial charge in [-0.25, -0.2) is 4.39 Å². The standard InChI is InChI=1S/C15H13FN2O2S/c1-8(19)14-13(18-4-3-17-15(18)21-14)9-6-11(16)10-2-5-20-12(10)7-9/h2,5-8,19H,3-4H2,1H3. The van der Waals surface area contributed by atoms with Crippen LogP contribution in [0.25, 0.3) is 16.7 Å². The van der Waals surface area contributed by atoms with E-state index in [1.165, 1.54) is 24.1 Å². The summed E-state index contributed by atoms with van der Waals surface area (Å²) in [6.45, 7) is 3.20. The van der Waals surface area contributed by atoms with E-state index in [1.54, 1.807) is 13.0 Å². The monoisotopic (exact) mass is 304 g/mol. The van der Waals surface area contributed by atoms with Crippen molar-refractivity contribution in [2.75, 3.05) is 13.1 Å². The summed E-state index contributed by atoms with van der Waals surface area (Å²) in [6, 6.07) is 4.93. The van der Waals surface area contributed by atoms with Gasteiger partial charge < -0.3 is 14.4 Å². The van der Waals surface area contributed by atoms with E-state index in [4.69, 9.17) is 4.42 Å². The van der Waals surface area contributed by atoms with Crippen molar-refractivity contribution in [3.63, 3.8) is 0 Å². The molecular weight excluding hydrogens is 291 g/mol. The number of hydrogen-bond donors (Lipinski definition) is 1. The number of thioether (sulfide) groups is 1. The number of amidine groups is 1. The van der Waals surface area contributed by atoms with Crippen molar-refractivity contribution in [2.45, 2.75) is 13.0 Å². The first-order valence-electron chi connectivity index (χ1n) is 6.74. The van der Waals surface area contributed by atoms with Crippen LogP contribution in [-0.2, 0) is 0 Å². The lowest BCUT2D eigenvalue weighted by molar-refractivity contribution is 0.240. The maximum Gasteiger partial charge on any atom is 0.168 e. The highest BCUT2D eigenvalue weighted by atomic mass is 32.2. The van der Waals surface area contributed by atoms with Crippen LogP contribution in [0.15, 0.2) is 38.8 Å². The lowest BCUT2D eigenvalue weighted by Gasteiger charge is -2.18. The van der Waals surface area contributed by atoms with E-state index in [2.05, 4.69) is 4.99 Å². The second-order valence-electron chi connectivity index (χ2n) is 5.10. The molecule has 21 heavy (non-hydrogen) atoms. The summed E-state index contributed by atoms with van der Waals surface area (Å²) in [6.07, 6.45) is 0.863. The Morgan fingerprint density at radius 3 is 3.14 bits per heavy atom. The van der Waals surface area contributed by atoms with Gasteiger partial charge in [0.25, 0.3) is 0 Å². The minimum Gasteiger partial charge on any atom is -0.464 e. The molecule has 4 rings (SSSR count). The molecule has 0 spiro atoms. The number of hydrogen-bond acceptors (Lipinski definition) is 5. The summed E-state index contributed by atoms with van der Waals surface area (Å²) in [5.41, 5.74) is 2.06. The van der Waals surface area contributed by atoms with Gasteiger partial charge in [0, 0.05) is 17.0 Å². The summed E-state index contributed by atoms with van der Waals surface area (Å²) in [4.78, 5) is 7.26. The van der Waals surface area contributed by atoms with Crippen LogP contribution in [0, 0.1) is 5.82 Å². The molecule has 4 nitrogen and oxygen atoms in total. The Hall–Kier alpha value is -1.79. The number of benzene rings is 1. The molecule has 0 fully saturated rings. The van der Waals surface area contributed by atoms with Crippen molar-refractivity contribution >= 4 is 33.6 Å². The number of aliphatic imine (C=N–C) groups is 1. The quantitative estimate of drug-likeness (QED) is 0.926. The van der Waals surface area contributed by atoms with E-state index in [1.807, 2.05) is 11.0 Å². The SMILES string of the molecule is CC(O)C1=C(c2cc(F)c3ccoc3c2)N2CCN=C2S1. The van der Waals surface area contributed by atoms with Gasteiger partial charge in [-0.05, 0) is 25.1 Å². The van der Waals surface area contributed by atoms with E-state index in [-0.39, 0.29) is 5.82 Å². The zero-order valence-electron chi connectivity index (χ0n) is 11.3. The minimum atomic E-state index is -0.617. The molecule has 0 aliphatic carbocycles. The maximum atomic E-state index is 14.2. The zero-order chi connectivity index (χ0) is 14.6. The highest BCUT2D eigenvalue weighted by molar-refractivity contribution is 8.17. The minimum absolute atomic E-state index is 0.316. The molecule has 0 saturated carbocycles. The van der Waals surface area contributed by atoms with Gasteiger partial charge >= 0.3 is 0 Å². The average Bonchev–Trinajstić information content (AvgIpc) is 3.12. The molecule has 2 aliphatic heterocycles. The third kappa shape index (κ3) is 1.90. The van der Waals surface area contributed by atoms with Gasteiger partial charge in [0.05, 0.1) is 30.0 Å². The number of nitrogens with zero attached hydrogens (tertiary/aromatic N) is 2. The summed E-state index contributed by atoms with van der Waals surface area (Å²) in [5, 5.41) is 11.4. The van der Waals surface area contributed by atoms with Crippen LogP contribution in [0.5, 0.6) is 0 Å². The number of rotatable bonds is 2. The number of fused-ring (bicyclic) bond motifs is 2. The van der Waals surface area contributed by atoms with Gasteiger partial charge in [-0.1, -0.05) is 11.8 Å². The first-order chi connectivity index (χ1) is 10.1. The Labute approximate surface area is 124 Å². The lowest BCUT2D eigenvalue weighted by atomic mass is 10.1. The highest BCUT2D eigenvalue weighted by Crippen LogP contribution is 2.43. The summed E-state index contributed by atoms with van der Waals surface area (Å²) in [5.74, 6) is -0.316. The van der Waals surface area contributed by atoms with Crippen molar-refractivity contribution in [1.29, 1.82) is 0 Å². The summed E-state index contributed by atoms with van der Waals surface area (Å²) in [7, 11) is 0. The lowest BCUT2D eigenvalue weighted by Crippen LogP contribution is -2.20. The van der Waals surface area contributed by atoms with Crippen LogP contribution in [0.2, 0.25) is 0 Å². The first kappa shape index (κ1) is 12.9. The van der Waals surface area contributed by atoms with E-state index in [0.717, 1.165) is 28.9 Å². The Morgan fingerprint density at radius 2 is 2.33 bits per heavy atom. The molecule has 0 bridgehead atoms. The molecular formula is C15H13FN2O2S. The Bertz CT molecular complexity index is 794. The van der Waals surface area contributed by atoms with E-state index in [9.17, 15) is 9.50 Å². The highest BCUT2D eigenvalue weighted by Gasteiger charge is 2.35. The first-order valence-corrected chi connectivity index (χ1v) is 7.56. The number of furan rings is 1. The van der Waals surface area contributed by atoms with Crippen molar-refractivity contribution < 1.29 is 13.9 Å². The molecule has 3 heterocycles. The van der Waals surface area contributed by atoms with Crippen LogP contribution in [-0.4, -0.2) is 34.4 Å². The zero-order valence-corrected chi connectivity index (χ0v) is 12.2. The summed E-state index contributed by atoms with van der Waals surface area (Å²) >= 11 is 1.46. The third-order valence-corrected chi connectivity index (χ3v) is 4.97. The Balaban J connectivity index is 1.92. The van der Waals surface area contributed by atoms with Crippen LogP contribution in [0.4, 0.5) is 4.39 Å². The molecule has 6 heteroatoms. The van der Waals surface area contributed by atoms with Gasteiger partial charge in [0.1, 0.15) is 11.4 Å². The number of aliphatic hydroxyl groups is 1. The molecule has 1 N–H and O–H groups in total. The molecule has 1 unspecified atom stereocenters. The van der Waals surface area contributed by atoms with E-state index in [0.29, 0.717) is 16.5 Å². The number of halogens is 1. The molecule has 1 aromatic carbocycles. The molecule has 1 aromatic heterocycles. The largest absolute Gasteiger partial charge is 0.464 e. The van der Waals surface area contributed by atoms with Crippen LogP contribution < -0.4 is 0 Å². The normalized spacial score (nSPS) is 19.4. The topological polar surface area (TPSA) is 49.0 Å². The fraction of sp³-hybridized carbons (Fsp3) is 0.267. The van der Waals surface area contributed by atoms with Gasteiger partial charge in [0.15, 0.2) is 5.17 Å². The van der Waals surface area contributed by atoms with Crippen molar-refractivity contribution in [3.05, 3.63) is 40.7 Å². The second kappa shape index (κ2) is 4.61. The molecule has 108 valence electrons. The number of aliphatic hydroxyl groups excluding tert-OH is 1. The van der Waals surface area contributed by atoms with Gasteiger partial charge in [-0.15, -0.1) is 0 Å². The van der Waals surface area contributed by atoms with Crippen LogP contribution >= 0.6 is 11.8 Å². The van der Waals surface area contributed by atoms with E-state index < -0.39 is 6.10 Å². The van der Waals surface area contributed by atoms with Crippen molar-refractivity contribution in [2.24, 2.45) is 4.99 Å². The average molecular weight is 304 g/mol. The van der Waals surface area contributed by atoms with Crippen molar-refractivity contribution in [3.8, 4) is 0 Å². The second-order valence-corrected chi connectivity index (χ2v) is 6.11. The van der Waals surface area contributed by atoms with Crippen molar-refractivity contribution in [1.82, 2.24) is 4.90 Å². The van der Waals surface area contributed by atoms with Gasteiger partial charge in [-0.3, -0.25) is 4.99 Å². The molecule has 2 aromatic rings. The molecule has 1 atom stereocenters. The Kier molecular flexibility index (Phi) is 2.83. The van der Waals surface area contributed by atoms with E-state index >= 15 is 0 Å². The maximum absolute atomic E-state index is 14.2. The molecule has 0 radical (unpaired) electrons.